The van der Waals surface area contributed by atoms with Crippen molar-refractivity contribution >= 4 is 62.4 Å². The molecule has 0 aliphatic carbocycles. The molecule has 0 saturated heterocycles. The molecule has 0 radical (unpaired) electrons. The van der Waals surface area contributed by atoms with Gasteiger partial charge in [0, 0.05) is 16.1 Å². The number of hydrazine groups is 1. The number of nitrogens with zero attached hydrogens (tertiary/aromatic N) is 1. The van der Waals surface area contributed by atoms with E-state index < -0.39 is 22.4 Å². The van der Waals surface area contributed by atoms with E-state index in [0.717, 1.165) is 16.1 Å². The summed E-state index contributed by atoms with van der Waals surface area (Å²) in [6.07, 6.45) is 0. The molecule has 2 aromatic carbocycles. The highest BCUT2D eigenvalue weighted by molar-refractivity contribution is 9.10. The third-order valence-corrected chi connectivity index (χ3v) is 4.86. The monoisotopic (exact) mass is 500 g/mol. The van der Waals surface area contributed by atoms with Gasteiger partial charge < -0.3 is 4.74 Å². The largest absolute Gasteiger partial charge is 0.484 e. The van der Waals surface area contributed by atoms with Crippen LogP contribution >= 0.6 is 39.7 Å². The molecule has 0 unspecified atom stereocenters. The minimum absolute atomic E-state index is 0.0227. The van der Waals surface area contributed by atoms with Crippen molar-refractivity contribution in [2.45, 2.75) is 6.92 Å². The van der Waals surface area contributed by atoms with Crippen LogP contribution in [0, 0.1) is 17.0 Å². The molecule has 0 bridgehead atoms. The summed E-state index contributed by atoms with van der Waals surface area (Å²) in [7, 11) is 0. The molecule has 0 aromatic heterocycles. The van der Waals surface area contributed by atoms with Gasteiger partial charge in [0.1, 0.15) is 10.8 Å². The predicted octanol–water partition coefficient (Wildman–Crippen LogP) is 3.03. The predicted molar refractivity (Wildman–Crippen MR) is 114 cm³/mol. The lowest BCUT2D eigenvalue weighted by Crippen LogP contribution is -2.49. The van der Waals surface area contributed by atoms with Crippen molar-refractivity contribution in [3.05, 3.63) is 67.1 Å². The zero-order chi connectivity index (χ0) is 21.6. The van der Waals surface area contributed by atoms with Gasteiger partial charge in [0.25, 0.3) is 17.5 Å². The molecule has 29 heavy (non-hydrogen) atoms. The van der Waals surface area contributed by atoms with Gasteiger partial charge in [-0.3, -0.25) is 35.9 Å². The first-order valence-electron chi connectivity index (χ1n) is 7.90. The second-order valence-electron chi connectivity index (χ2n) is 5.58. The standard InChI is InChI=1S/C17H14BrClN4O5S/c1-9-6-11(3-4-12(9)18)28-8-15(24)21-22-17(29)20-16(25)10-2-5-13(19)14(7-10)23(26)27/h2-7H,8H2,1H3,(H,21,24)(H2,20,22,25,29). The zero-order valence-corrected chi connectivity index (χ0v) is 18.0. The molecular weight excluding hydrogens is 488 g/mol. The van der Waals surface area contributed by atoms with Gasteiger partial charge in [-0.15, -0.1) is 0 Å². The van der Waals surface area contributed by atoms with Gasteiger partial charge in [0.15, 0.2) is 11.7 Å². The summed E-state index contributed by atoms with van der Waals surface area (Å²) < 4.78 is 6.27. The lowest BCUT2D eigenvalue weighted by atomic mass is 10.2. The number of hydrogen-bond acceptors (Lipinski definition) is 6. The van der Waals surface area contributed by atoms with Crippen molar-refractivity contribution in [1.82, 2.24) is 16.2 Å². The van der Waals surface area contributed by atoms with Crippen molar-refractivity contribution in [3.63, 3.8) is 0 Å². The third kappa shape index (κ3) is 6.66. The number of nitrogens with one attached hydrogen (secondary N) is 3. The number of halogens is 2. The molecule has 12 heteroatoms. The molecule has 3 N–H and O–H groups in total. The van der Waals surface area contributed by atoms with E-state index in [0.29, 0.717) is 5.75 Å². The highest BCUT2D eigenvalue weighted by Gasteiger charge is 2.17. The molecule has 0 saturated carbocycles. The van der Waals surface area contributed by atoms with Gasteiger partial charge in [-0.2, -0.15) is 0 Å². The van der Waals surface area contributed by atoms with Crippen molar-refractivity contribution in [2.75, 3.05) is 6.61 Å². The van der Waals surface area contributed by atoms with Crippen LogP contribution < -0.4 is 20.9 Å². The minimum atomic E-state index is -0.710. The lowest BCUT2D eigenvalue weighted by molar-refractivity contribution is -0.384. The molecule has 0 spiro atoms. The van der Waals surface area contributed by atoms with Crippen molar-refractivity contribution in [3.8, 4) is 5.75 Å². The van der Waals surface area contributed by atoms with Gasteiger partial charge >= 0.3 is 0 Å². The second-order valence-corrected chi connectivity index (χ2v) is 7.25. The highest BCUT2D eigenvalue weighted by atomic mass is 79.9. The maximum atomic E-state index is 12.1. The Hall–Kier alpha value is -2.76. The van der Waals surface area contributed by atoms with Crippen LogP contribution in [0.25, 0.3) is 0 Å². The average molecular weight is 502 g/mol. The highest BCUT2D eigenvalue weighted by Crippen LogP contribution is 2.25. The number of benzene rings is 2. The summed E-state index contributed by atoms with van der Waals surface area (Å²) in [6.45, 7) is 1.60. The number of hydrogen-bond donors (Lipinski definition) is 3. The number of aryl methyl sites for hydroxylation is 1. The molecule has 0 heterocycles. The number of carbonyl (C=O) groups is 2. The maximum absolute atomic E-state index is 12.1. The van der Waals surface area contributed by atoms with Crippen LogP contribution in [-0.4, -0.2) is 28.5 Å². The van der Waals surface area contributed by atoms with Crippen LogP contribution in [0.5, 0.6) is 5.75 Å². The van der Waals surface area contributed by atoms with Gasteiger partial charge in [-0.25, -0.2) is 0 Å². The van der Waals surface area contributed by atoms with E-state index in [-0.39, 0.29) is 22.3 Å². The number of rotatable bonds is 5. The molecule has 2 aromatic rings. The molecule has 2 rings (SSSR count). The number of nitro benzene ring substituents is 1. The normalized spacial score (nSPS) is 10.0. The van der Waals surface area contributed by atoms with E-state index in [2.05, 4.69) is 32.1 Å². The summed E-state index contributed by atoms with van der Waals surface area (Å²) in [5, 5.41) is 12.9. The molecule has 0 fully saturated rings. The van der Waals surface area contributed by atoms with Crippen LogP contribution in [0.3, 0.4) is 0 Å². The number of thiocarbonyl (C=S) groups is 1. The number of ether oxygens (including phenoxy) is 1. The van der Waals surface area contributed by atoms with Crippen LogP contribution in [-0.2, 0) is 4.79 Å². The average Bonchev–Trinajstić information content (AvgIpc) is 2.67. The van der Waals surface area contributed by atoms with E-state index in [1.807, 2.05) is 6.92 Å². The summed E-state index contributed by atoms with van der Waals surface area (Å²) in [6, 6.07) is 8.82. The SMILES string of the molecule is Cc1cc(OCC(=O)NNC(=S)NC(=O)c2ccc(Cl)c([N+](=O)[O-])c2)ccc1Br. The number of nitro groups is 1. The lowest BCUT2D eigenvalue weighted by Gasteiger charge is -2.12. The molecule has 9 nitrogen and oxygen atoms in total. The summed E-state index contributed by atoms with van der Waals surface area (Å²) >= 11 is 14.0. The van der Waals surface area contributed by atoms with Crippen molar-refractivity contribution < 1.29 is 19.2 Å². The summed E-state index contributed by atoms with van der Waals surface area (Å²) in [4.78, 5) is 34.1. The molecule has 0 aliphatic rings. The Labute approximate surface area is 184 Å². The van der Waals surface area contributed by atoms with Crippen LogP contribution in [0.15, 0.2) is 40.9 Å². The molecule has 2 amide bonds. The van der Waals surface area contributed by atoms with Gasteiger partial charge in [0.2, 0.25) is 0 Å². The van der Waals surface area contributed by atoms with Gasteiger partial charge in [-0.1, -0.05) is 27.5 Å². The van der Waals surface area contributed by atoms with E-state index >= 15 is 0 Å². The van der Waals surface area contributed by atoms with Crippen LogP contribution in [0.1, 0.15) is 15.9 Å². The number of amides is 2. The van der Waals surface area contributed by atoms with E-state index in [1.54, 1.807) is 18.2 Å². The first-order chi connectivity index (χ1) is 13.7. The number of carbonyl (C=O) groups excluding carboxylic acids is 2. The molecule has 152 valence electrons. The van der Waals surface area contributed by atoms with E-state index in [1.165, 1.54) is 12.1 Å². The maximum Gasteiger partial charge on any atom is 0.288 e. The third-order valence-electron chi connectivity index (χ3n) is 3.45. The van der Waals surface area contributed by atoms with Crippen LogP contribution in [0.2, 0.25) is 5.02 Å². The van der Waals surface area contributed by atoms with E-state index in [9.17, 15) is 19.7 Å². The first kappa shape index (κ1) is 22.5. The Morgan fingerprint density at radius 1 is 1.24 bits per heavy atom. The van der Waals surface area contributed by atoms with Crippen molar-refractivity contribution in [2.24, 2.45) is 0 Å². The minimum Gasteiger partial charge on any atom is -0.484 e. The molecular formula is C17H14BrClN4O5S. The Morgan fingerprint density at radius 2 is 1.97 bits per heavy atom. The zero-order valence-electron chi connectivity index (χ0n) is 14.8. The van der Waals surface area contributed by atoms with E-state index in [4.69, 9.17) is 28.6 Å². The Balaban J connectivity index is 1.82. The first-order valence-corrected chi connectivity index (χ1v) is 9.48. The fraction of sp³-hybridized carbons (Fsp3) is 0.118. The van der Waals surface area contributed by atoms with Crippen molar-refractivity contribution in [1.29, 1.82) is 0 Å². The smallest absolute Gasteiger partial charge is 0.288 e. The summed E-state index contributed by atoms with van der Waals surface area (Å²) in [5.41, 5.74) is 5.13. The fourth-order valence-electron chi connectivity index (χ4n) is 2.02. The van der Waals surface area contributed by atoms with Gasteiger partial charge in [-0.05, 0) is 55.0 Å². The Bertz CT molecular complexity index is 988. The fourth-order valence-corrected chi connectivity index (χ4v) is 2.60. The second kappa shape index (κ2) is 10.1. The van der Waals surface area contributed by atoms with Gasteiger partial charge in [0.05, 0.1) is 4.92 Å². The summed E-state index contributed by atoms with van der Waals surface area (Å²) in [5.74, 6) is -0.733. The Kier molecular flexibility index (Phi) is 7.88. The Morgan fingerprint density at radius 3 is 2.62 bits per heavy atom. The molecule has 0 atom stereocenters. The van der Waals surface area contributed by atoms with Crippen LogP contribution in [0.4, 0.5) is 5.69 Å². The molecule has 0 aliphatic heterocycles. The quantitative estimate of drug-likeness (QED) is 0.327. The topological polar surface area (TPSA) is 123 Å².